The molecule has 1 aromatic rings. The normalized spacial score (nSPS) is 10.6. The van der Waals surface area contributed by atoms with Crippen molar-refractivity contribution in [3.63, 3.8) is 0 Å². The number of nitriles is 1. The predicted octanol–water partition coefficient (Wildman–Crippen LogP) is 2.00. The minimum absolute atomic E-state index is 0.103. The Bertz CT molecular complexity index is 461. The molecule has 0 saturated carbocycles. The number of ether oxygens (including phenoxy) is 1. The molecular weight excluding hydrogens is 228 g/mol. The Balaban J connectivity index is 2.73. The third-order valence-electron chi connectivity index (χ3n) is 2.82. The molecule has 0 radical (unpaired) electrons. The molecule has 0 unspecified atom stereocenters. The summed E-state index contributed by atoms with van der Waals surface area (Å²) in [6.45, 7) is 4.56. The first-order valence-electron chi connectivity index (χ1n) is 5.78. The molecular formula is C14H18N2O2. The van der Waals surface area contributed by atoms with Gasteiger partial charge in [-0.1, -0.05) is 26.0 Å². The average molecular weight is 246 g/mol. The van der Waals surface area contributed by atoms with Crippen molar-refractivity contribution < 1.29 is 9.53 Å². The molecule has 0 aliphatic heterocycles. The lowest BCUT2D eigenvalue weighted by atomic mass is 9.84. The van der Waals surface area contributed by atoms with Gasteiger partial charge < -0.3 is 10.1 Å². The van der Waals surface area contributed by atoms with Crippen LogP contribution < -0.4 is 10.1 Å². The molecule has 0 saturated heterocycles. The van der Waals surface area contributed by atoms with Gasteiger partial charge in [-0.25, -0.2) is 0 Å². The van der Waals surface area contributed by atoms with Gasteiger partial charge in [0.1, 0.15) is 12.2 Å². The first-order chi connectivity index (χ1) is 8.49. The fourth-order valence-corrected chi connectivity index (χ4v) is 1.60. The van der Waals surface area contributed by atoms with Gasteiger partial charge in [-0.05, 0) is 17.7 Å². The summed E-state index contributed by atoms with van der Waals surface area (Å²) in [5.41, 5.74) is 0.874. The number of nitrogens with zero attached hydrogens (tertiary/aromatic N) is 1. The van der Waals surface area contributed by atoms with Crippen molar-refractivity contribution in [2.24, 2.45) is 0 Å². The van der Waals surface area contributed by atoms with Gasteiger partial charge in [0.2, 0.25) is 5.91 Å². The van der Waals surface area contributed by atoms with Crippen LogP contribution >= 0.6 is 0 Å². The maximum absolute atomic E-state index is 11.3. The zero-order valence-corrected chi connectivity index (χ0v) is 11.0. The largest absolute Gasteiger partial charge is 0.497 e. The summed E-state index contributed by atoms with van der Waals surface area (Å²) in [4.78, 5) is 11.3. The number of carbonyl (C=O) groups excluding carboxylic acids is 1. The van der Waals surface area contributed by atoms with E-state index in [0.29, 0.717) is 6.54 Å². The predicted molar refractivity (Wildman–Crippen MR) is 69.3 cm³/mol. The molecule has 0 aliphatic carbocycles. The third-order valence-corrected chi connectivity index (χ3v) is 2.82. The minimum atomic E-state index is -0.242. The van der Waals surface area contributed by atoms with E-state index in [-0.39, 0.29) is 17.7 Å². The Morgan fingerprint density at radius 3 is 2.83 bits per heavy atom. The second-order valence-corrected chi connectivity index (χ2v) is 4.73. The third kappa shape index (κ3) is 3.77. The first-order valence-corrected chi connectivity index (χ1v) is 5.78. The second-order valence-electron chi connectivity index (χ2n) is 4.73. The number of carbonyl (C=O) groups is 1. The van der Waals surface area contributed by atoms with Crippen LogP contribution in [0.3, 0.4) is 0 Å². The first kappa shape index (κ1) is 14.0. The van der Waals surface area contributed by atoms with Crippen LogP contribution in [0.5, 0.6) is 5.75 Å². The van der Waals surface area contributed by atoms with E-state index in [1.54, 1.807) is 7.11 Å². The van der Waals surface area contributed by atoms with E-state index < -0.39 is 0 Å². The van der Waals surface area contributed by atoms with E-state index in [1.807, 2.05) is 44.2 Å². The molecule has 0 bridgehead atoms. The van der Waals surface area contributed by atoms with Crippen LogP contribution in [-0.4, -0.2) is 19.6 Å². The number of rotatable bonds is 5. The van der Waals surface area contributed by atoms with E-state index in [2.05, 4.69) is 5.32 Å². The van der Waals surface area contributed by atoms with Crippen molar-refractivity contribution in [2.45, 2.75) is 25.7 Å². The van der Waals surface area contributed by atoms with E-state index >= 15 is 0 Å². The number of nitrogens with one attached hydrogen (secondary N) is 1. The van der Waals surface area contributed by atoms with Gasteiger partial charge in [-0.3, -0.25) is 4.79 Å². The molecule has 0 spiro atoms. The molecule has 0 atom stereocenters. The molecule has 4 heteroatoms. The summed E-state index contributed by atoms with van der Waals surface area (Å²) in [5, 5.41) is 11.2. The molecule has 1 rings (SSSR count). The Morgan fingerprint density at radius 2 is 2.22 bits per heavy atom. The maximum Gasteiger partial charge on any atom is 0.234 e. The van der Waals surface area contributed by atoms with Crippen LogP contribution in [0.4, 0.5) is 0 Å². The van der Waals surface area contributed by atoms with Gasteiger partial charge in [0, 0.05) is 12.0 Å². The zero-order chi connectivity index (χ0) is 13.6. The molecule has 1 aromatic carbocycles. The summed E-state index contributed by atoms with van der Waals surface area (Å²) < 4.78 is 5.18. The molecule has 1 N–H and O–H groups in total. The summed E-state index contributed by atoms with van der Waals surface area (Å²) in [6, 6.07) is 9.59. The van der Waals surface area contributed by atoms with Gasteiger partial charge in [-0.2, -0.15) is 5.26 Å². The highest BCUT2D eigenvalue weighted by Crippen LogP contribution is 2.25. The average Bonchev–Trinajstić information content (AvgIpc) is 2.37. The monoisotopic (exact) mass is 246 g/mol. The van der Waals surface area contributed by atoms with Crippen molar-refractivity contribution in [2.75, 3.05) is 13.7 Å². The maximum atomic E-state index is 11.3. The van der Waals surface area contributed by atoms with Crippen LogP contribution in [0, 0.1) is 11.3 Å². The Kier molecular flexibility index (Phi) is 4.73. The number of amides is 1. The van der Waals surface area contributed by atoms with Gasteiger partial charge >= 0.3 is 0 Å². The topological polar surface area (TPSA) is 62.1 Å². The highest BCUT2D eigenvalue weighted by atomic mass is 16.5. The highest BCUT2D eigenvalue weighted by Gasteiger charge is 2.21. The van der Waals surface area contributed by atoms with E-state index in [0.717, 1.165) is 11.3 Å². The van der Waals surface area contributed by atoms with Gasteiger partial charge in [0.25, 0.3) is 0 Å². The van der Waals surface area contributed by atoms with Crippen molar-refractivity contribution in [1.82, 2.24) is 5.32 Å². The van der Waals surface area contributed by atoms with Crippen LogP contribution in [-0.2, 0) is 10.2 Å². The van der Waals surface area contributed by atoms with E-state index in [9.17, 15) is 4.79 Å². The molecule has 0 heterocycles. The fourth-order valence-electron chi connectivity index (χ4n) is 1.60. The van der Waals surface area contributed by atoms with Crippen LogP contribution in [0.2, 0.25) is 0 Å². The molecule has 1 amide bonds. The van der Waals surface area contributed by atoms with Crippen molar-refractivity contribution in [3.05, 3.63) is 29.8 Å². The quantitative estimate of drug-likeness (QED) is 0.864. The molecule has 0 fully saturated rings. The summed E-state index contributed by atoms with van der Waals surface area (Å²) in [7, 11) is 1.63. The van der Waals surface area contributed by atoms with Crippen LogP contribution in [0.1, 0.15) is 25.8 Å². The van der Waals surface area contributed by atoms with Gasteiger partial charge in [0.05, 0.1) is 13.2 Å². The number of methoxy groups -OCH3 is 1. The highest BCUT2D eigenvalue weighted by molar-refractivity contribution is 5.78. The number of benzene rings is 1. The lowest BCUT2D eigenvalue weighted by Gasteiger charge is -2.25. The molecule has 18 heavy (non-hydrogen) atoms. The fraction of sp³-hybridized carbons (Fsp3) is 0.429. The van der Waals surface area contributed by atoms with Gasteiger partial charge in [-0.15, -0.1) is 0 Å². The SMILES string of the molecule is COc1cccc(C(C)(C)CNC(=O)CC#N)c1. The Labute approximate surface area is 108 Å². The smallest absolute Gasteiger partial charge is 0.234 e. The molecule has 0 aliphatic rings. The number of hydrogen-bond donors (Lipinski definition) is 1. The van der Waals surface area contributed by atoms with Crippen molar-refractivity contribution in [3.8, 4) is 11.8 Å². The summed E-state index contributed by atoms with van der Waals surface area (Å²) in [6.07, 6.45) is -0.103. The van der Waals surface area contributed by atoms with Crippen LogP contribution in [0.15, 0.2) is 24.3 Å². The van der Waals surface area contributed by atoms with Crippen LogP contribution in [0.25, 0.3) is 0 Å². The summed E-state index contributed by atoms with van der Waals surface area (Å²) in [5.74, 6) is 0.553. The second kappa shape index (κ2) is 6.06. The van der Waals surface area contributed by atoms with E-state index in [4.69, 9.17) is 10.00 Å². The molecule has 96 valence electrons. The lowest BCUT2D eigenvalue weighted by molar-refractivity contribution is -0.120. The standard InChI is InChI=1S/C14H18N2O2/c1-14(2,10-16-13(17)7-8-15)11-5-4-6-12(9-11)18-3/h4-6,9H,7,10H2,1-3H3,(H,16,17). The van der Waals surface area contributed by atoms with E-state index in [1.165, 1.54) is 0 Å². The summed E-state index contributed by atoms with van der Waals surface area (Å²) >= 11 is 0. The molecule has 0 aromatic heterocycles. The Morgan fingerprint density at radius 1 is 1.50 bits per heavy atom. The van der Waals surface area contributed by atoms with Crippen molar-refractivity contribution in [1.29, 1.82) is 5.26 Å². The minimum Gasteiger partial charge on any atom is -0.497 e. The molecule has 4 nitrogen and oxygen atoms in total. The lowest BCUT2D eigenvalue weighted by Crippen LogP contribution is -2.36. The zero-order valence-electron chi connectivity index (χ0n) is 11.0. The number of hydrogen-bond acceptors (Lipinski definition) is 3. The Hall–Kier alpha value is -2.02. The van der Waals surface area contributed by atoms with Crippen molar-refractivity contribution >= 4 is 5.91 Å². The van der Waals surface area contributed by atoms with Gasteiger partial charge in [0.15, 0.2) is 0 Å².